The van der Waals surface area contributed by atoms with E-state index in [1.54, 1.807) is 0 Å². The van der Waals surface area contributed by atoms with E-state index in [9.17, 15) is 13.2 Å². The molecule has 0 bridgehead atoms. The van der Waals surface area contributed by atoms with Gasteiger partial charge in [0.1, 0.15) is 0 Å². The summed E-state index contributed by atoms with van der Waals surface area (Å²) in [6.07, 6.45) is -3.04. The van der Waals surface area contributed by atoms with Gasteiger partial charge in [0.05, 0.1) is 0 Å². The monoisotopic (exact) mass is 280 g/mol. The fourth-order valence-electron chi connectivity index (χ4n) is 0.697. The second kappa shape index (κ2) is 3.64. The quantitative estimate of drug-likeness (QED) is 0.714. The minimum absolute atomic E-state index is 0.790. The Kier molecular flexibility index (Phi) is 2.98. The van der Waals surface area contributed by atoms with Crippen LogP contribution in [0.5, 0.6) is 0 Å². The van der Waals surface area contributed by atoms with E-state index >= 15 is 0 Å². The average molecular weight is 279 g/mol. The molecule has 0 aromatic carbocycles. The molecule has 1 rings (SSSR count). The number of aromatic nitrogens is 1. The van der Waals surface area contributed by atoms with Crippen molar-refractivity contribution in [2.45, 2.75) is 10.6 Å². The van der Waals surface area contributed by atoms with Crippen molar-refractivity contribution >= 4 is 22.5 Å². The first-order valence-electron chi connectivity index (χ1n) is 3.21. The molecule has 3 radical (unpaired) electrons. The van der Waals surface area contributed by atoms with Gasteiger partial charge in [-0.25, -0.2) is 0 Å². The molecule has 1 nitrogen and oxygen atoms in total. The summed E-state index contributed by atoms with van der Waals surface area (Å²) in [6, 6.07) is 2.48. The van der Waals surface area contributed by atoms with Crippen LogP contribution in [0.2, 0.25) is 0 Å². The van der Waals surface area contributed by atoms with Crippen LogP contribution < -0.4 is 0 Å². The molecule has 0 aliphatic heterocycles. The van der Waals surface area contributed by atoms with E-state index in [4.69, 9.17) is 0 Å². The Bertz CT molecular complexity index is 254. The number of nitrogens with zero attached hydrogens (tertiary/aromatic N) is 1. The summed E-state index contributed by atoms with van der Waals surface area (Å²) in [6.45, 7) is 0. The second-order valence-electron chi connectivity index (χ2n) is 2.23. The molecule has 0 unspecified atom stereocenters. The van der Waals surface area contributed by atoms with Gasteiger partial charge in [0, 0.05) is 0 Å². The van der Waals surface area contributed by atoms with Crippen molar-refractivity contribution in [1.29, 1.82) is 0 Å². The third kappa shape index (κ3) is 2.36. The maximum atomic E-state index is 12.0. The molecule has 0 saturated carbocycles. The minimum atomic E-state index is -4.32. The fraction of sp³-hybridized carbons (Fsp3) is 0.286. The van der Waals surface area contributed by atoms with Gasteiger partial charge >= 0.3 is 80.9 Å². The molecule has 0 amide bonds. The Balaban J connectivity index is 2.93. The Morgan fingerprint density at radius 1 is 1.33 bits per heavy atom. The molecule has 0 aliphatic rings. The Morgan fingerprint density at radius 3 is 2.33 bits per heavy atom. The van der Waals surface area contributed by atoms with Gasteiger partial charge in [0.25, 0.3) is 0 Å². The van der Waals surface area contributed by atoms with Crippen molar-refractivity contribution in [1.82, 2.24) is 4.98 Å². The molecular weight excluding hydrogens is 274 g/mol. The van der Waals surface area contributed by atoms with E-state index in [2.05, 4.69) is 4.98 Å². The molecule has 12 heavy (non-hydrogen) atoms. The van der Waals surface area contributed by atoms with Crippen molar-refractivity contribution in [2.75, 3.05) is 0 Å². The van der Waals surface area contributed by atoms with E-state index < -0.39 is 11.9 Å². The predicted octanol–water partition coefficient (Wildman–Crippen LogP) is 1.77. The molecule has 0 spiro atoms. The summed E-state index contributed by atoms with van der Waals surface area (Å²) in [5, 5.41) is 0. The van der Waals surface area contributed by atoms with Gasteiger partial charge < -0.3 is 0 Å². The first kappa shape index (κ1) is 9.82. The fourth-order valence-corrected chi connectivity index (χ4v) is 1.29. The number of halogens is 3. The molecule has 0 N–H and O–H groups in total. The molecule has 0 atom stereocenters. The predicted molar refractivity (Wildman–Crippen MR) is 38.7 cm³/mol. The SMILES string of the molecule is FC(F)(F)c1ccc([CH2][Sn])cn1. The number of hydrogen-bond donors (Lipinski definition) is 0. The van der Waals surface area contributed by atoms with Gasteiger partial charge in [-0.05, 0) is 0 Å². The number of pyridine rings is 1. The molecule has 5 heteroatoms. The summed E-state index contributed by atoms with van der Waals surface area (Å²) < 4.78 is 36.7. The van der Waals surface area contributed by atoms with Crippen molar-refractivity contribution < 1.29 is 13.2 Å². The van der Waals surface area contributed by atoms with Crippen molar-refractivity contribution in [3.63, 3.8) is 0 Å². The number of rotatable bonds is 1. The van der Waals surface area contributed by atoms with Gasteiger partial charge in [0.15, 0.2) is 0 Å². The van der Waals surface area contributed by atoms with Crippen LogP contribution in [0.4, 0.5) is 13.2 Å². The molecule has 0 aliphatic carbocycles. The van der Waals surface area contributed by atoms with E-state index in [0.29, 0.717) is 0 Å². The van der Waals surface area contributed by atoms with E-state index in [0.717, 1.165) is 16.1 Å². The van der Waals surface area contributed by atoms with E-state index in [1.165, 1.54) is 34.8 Å². The van der Waals surface area contributed by atoms with E-state index in [-0.39, 0.29) is 0 Å². The maximum absolute atomic E-state index is 12.0. The Hall–Kier alpha value is -0.261. The van der Waals surface area contributed by atoms with Crippen LogP contribution in [-0.2, 0) is 10.6 Å². The molecule has 0 saturated heterocycles. The number of alkyl halides is 3. The average Bonchev–Trinajstić information content (AvgIpc) is 2.03. The van der Waals surface area contributed by atoms with Gasteiger partial charge in [0.2, 0.25) is 0 Å². The third-order valence-electron chi connectivity index (χ3n) is 1.32. The normalized spacial score (nSPS) is 11.7. The summed E-state index contributed by atoms with van der Waals surface area (Å²) in [5.41, 5.74) is 0.0247. The summed E-state index contributed by atoms with van der Waals surface area (Å²) in [5.74, 6) is 0. The topological polar surface area (TPSA) is 12.9 Å². The van der Waals surface area contributed by atoms with Crippen LogP contribution in [0.1, 0.15) is 11.3 Å². The van der Waals surface area contributed by atoms with Crippen LogP contribution in [0.25, 0.3) is 0 Å². The summed E-state index contributed by atoms with van der Waals surface area (Å²) in [7, 11) is 0. The zero-order valence-corrected chi connectivity index (χ0v) is 8.87. The van der Waals surface area contributed by atoms with Crippen LogP contribution >= 0.6 is 0 Å². The first-order valence-corrected chi connectivity index (χ1v) is 5.22. The van der Waals surface area contributed by atoms with Gasteiger partial charge in [-0.1, -0.05) is 0 Å². The number of hydrogen-bond acceptors (Lipinski definition) is 1. The van der Waals surface area contributed by atoms with Gasteiger partial charge in [-0.15, -0.1) is 0 Å². The zero-order chi connectivity index (χ0) is 9.19. The van der Waals surface area contributed by atoms with Crippen LogP contribution in [0.3, 0.4) is 0 Å². The molecule has 1 aromatic rings. The zero-order valence-electron chi connectivity index (χ0n) is 6.02. The van der Waals surface area contributed by atoms with Crippen molar-refractivity contribution in [3.05, 3.63) is 29.6 Å². The third-order valence-corrected chi connectivity index (χ3v) is 2.48. The molecular formula is C7H5F3NSn. The van der Waals surface area contributed by atoms with Crippen molar-refractivity contribution in [2.24, 2.45) is 0 Å². The van der Waals surface area contributed by atoms with Crippen LogP contribution in [0.15, 0.2) is 18.3 Å². The summed E-state index contributed by atoms with van der Waals surface area (Å²) >= 11 is 1.27. The van der Waals surface area contributed by atoms with Crippen LogP contribution in [-0.4, -0.2) is 27.5 Å². The molecule has 1 aromatic heterocycles. The van der Waals surface area contributed by atoms with Crippen molar-refractivity contribution in [3.8, 4) is 0 Å². The molecule has 0 fully saturated rings. The second-order valence-corrected chi connectivity index (χ2v) is 3.24. The van der Waals surface area contributed by atoms with E-state index in [1.807, 2.05) is 0 Å². The Morgan fingerprint density at radius 2 is 2.00 bits per heavy atom. The molecule has 63 valence electrons. The standard InChI is InChI=1S/C7H5F3N.Sn/c1-5-2-3-6(11-4-5)7(8,9)10;/h2-4H,1H2;. The Labute approximate surface area is 81.1 Å². The van der Waals surface area contributed by atoms with Gasteiger partial charge in [-0.2, -0.15) is 0 Å². The van der Waals surface area contributed by atoms with Crippen LogP contribution in [0, 0.1) is 0 Å². The molecule has 1 heterocycles. The van der Waals surface area contributed by atoms with Gasteiger partial charge in [-0.3, -0.25) is 0 Å². The first-order chi connectivity index (χ1) is 5.54. The summed E-state index contributed by atoms with van der Waals surface area (Å²) in [4.78, 5) is 3.31.